The van der Waals surface area contributed by atoms with E-state index in [1.165, 1.54) is 68.1 Å². The molecule has 0 unspecified atom stereocenters. The minimum Gasteiger partial charge on any atom is -0.361 e. The molecule has 0 spiro atoms. The van der Waals surface area contributed by atoms with E-state index in [0.717, 1.165) is 31.4 Å². The minimum absolute atomic E-state index is 0. The van der Waals surface area contributed by atoms with Gasteiger partial charge >= 0.3 is 0 Å². The van der Waals surface area contributed by atoms with Crippen LogP contribution in [0.4, 0.5) is 0 Å². The number of benzene rings is 1. The Hall–Kier alpha value is -1.28. The van der Waals surface area contributed by atoms with Gasteiger partial charge in [-0.2, -0.15) is 0 Å². The predicted octanol–water partition coefficient (Wildman–Crippen LogP) is 4.29. The maximum absolute atomic E-state index is 4.44. The lowest BCUT2D eigenvalue weighted by Crippen LogP contribution is -2.50. The summed E-state index contributed by atoms with van der Waals surface area (Å²) in [7, 11) is 1.88. The topological polar surface area (TPSA) is 55.5 Å². The second-order valence-corrected chi connectivity index (χ2v) is 8.35. The van der Waals surface area contributed by atoms with E-state index >= 15 is 0 Å². The van der Waals surface area contributed by atoms with Gasteiger partial charge in [0.2, 0.25) is 0 Å². The van der Waals surface area contributed by atoms with Crippen LogP contribution in [0.25, 0.3) is 10.9 Å². The van der Waals surface area contributed by atoms with Gasteiger partial charge in [-0.25, -0.2) is 0 Å². The van der Waals surface area contributed by atoms with Crippen LogP contribution in [0.1, 0.15) is 50.5 Å². The molecule has 1 saturated heterocycles. The second-order valence-electron chi connectivity index (χ2n) is 8.35. The molecule has 2 aromatic rings. The summed E-state index contributed by atoms with van der Waals surface area (Å²) in [6.07, 6.45) is 12.5. The van der Waals surface area contributed by atoms with Crippen molar-refractivity contribution in [2.24, 2.45) is 4.99 Å². The predicted molar refractivity (Wildman–Crippen MR) is 133 cm³/mol. The minimum atomic E-state index is 0. The van der Waals surface area contributed by atoms with E-state index in [2.05, 4.69) is 56.0 Å². The summed E-state index contributed by atoms with van der Waals surface area (Å²) in [5.41, 5.74) is 2.63. The summed E-state index contributed by atoms with van der Waals surface area (Å²) in [6, 6.07) is 9.95. The normalized spacial score (nSPS) is 19.4. The number of nitrogens with one attached hydrogen (secondary N) is 3. The number of aryl methyl sites for hydroxylation is 1. The lowest BCUT2D eigenvalue weighted by Gasteiger charge is -2.36. The molecule has 2 aliphatic rings. The number of hydrogen-bond donors (Lipinski definition) is 3. The molecule has 5 nitrogen and oxygen atoms in total. The van der Waals surface area contributed by atoms with Crippen LogP contribution < -0.4 is 10.6 Å². The molecule has 1 aliphatic heterocycles. The first-order valence-corrected chi connectivity index (χ1v) is 11.1. The van der Waals surface area contributed by atoms with Gasteiger partial charge in [0, 0.05) is 55.9 Å². The van der Waals surface area contributed by atoms with Crippen LogP contribution in [0.2, 0.25) is 0 Å². The highest BCUT2D eigenvalue weighted by Gasteiger charge is 2.27. The van der Waals surface area contributed by atoms with E-state index in [1.807, 2.05) is 7.05 Å². The van der Waals surface area contributed by atoms with Gasteiger partial charge in [-0.1, -0.05) is 31.0 Å². The zero-order chi connectivity index (χ0) is 19.2. The average molecular weight is 509 g/mol. The zero-order valence-corrected chi connectivity index (χ0v) is 20.0. The van der Waals surface area contributed by atoms with Crippen LogP contribution in [0.3, 0.4) is 0 Å². The second kappa shape index (κ2) is 11.2. The number of aliphatic imine (C=N–C) groups is 1. The van der Waals surface area contributed by atoms with Gasteiger partial charge in [0.15, 0.2) is 5.96 Å². The Balaban J connectivity index is 0.00000240. The number of fused-ring (bicyclic) bond motifs is 1. The highest BCUT2D eigenvalue weighted by atomic mass is 127. The van der Waals surface area contributed by atoms with E-state index in [9.17, 15) is 0 Å². The summed E-state index contributed by atoms with van der Waals surface area (Å²) in [5.74, 6) is 0.957. The highest BCUT2D eigenvalue weighted by molar-refractivity contribution is 14.0. The van der Waals surface area contributed by atoms with Crippen molar-refractivity contribution in [2.75, 3.05) is 26.7 Å². The maximum Gasteiger partial charge on any atom is 0.191 e. The van der Waals surface area contributed by atoms with Gasteiger partial charge in [0.25, 0.3) is 0 Å². The molecule has 160 valence electrons. The summed E-state index contributed by atoms with van der Waals surface area (Å²) in [5, 5.41) is 8.50. The lowest BCUT2D eigenvalue weighted by atomic mass is 10.0. The third-order valence-electron chi connectivity index (χ3n) is 6.53. The van der Waals surface area contributed by atoms with Gasteiger partial charge in [-0.15, -0.1) is 24.0 Å². The molecular formula is C23H36IN5. The number of hydrogen-bond acceptors (Lipinski definition) is 2. The molecule has 3 N–H and O–H groups in total. The van der Waals surface area contributed by atoms with E-state index in [4.69, 9.17) is 0 Å². The van der Waals surface area contributed by atoms with Crippen molar-refractivity contribution in [3.63, 3.8) is 0 Å². The molecule has 1 aromatic heterocycles. The smallest absolute Gasteiger partial charge is 0.191 e. The number of H-pyrrole nitrogens is 1. The van der Waals surface area contributed by atoms with Crippen LogP contribution in [-0.2, 0) is 6.42 Å². The fourth-order valence-electron chi connectivity index (χ4n) is 4.89. The maximum atomic E-state index is 4.44. The Morgan fingerprint density at radius 1 is 1.14 bits per heavy atom. The van der Waals surface area contributed by atoms with Crippen molar-refractivity contribution in [1.29, 1.82) is 0 Å². The van der Waals surface area contributed by atoms with Crippen molar-refractivity contribution in [1.82, 2.24) is 20.5 Å². The van der Waals surface area contributed by atoms with Crippen molar-refractivity contribution in [2.45, 2.75) is 63.5 Å². The number of halogens is 1. The summed E-state index contributed by atoms with van der Waals surface area (Å²) >= 11 is 0. The van der Waals surface area contributed by atoms with Crippen LogP contribution in [0, 0.1) is 0 Å². The molecule has 29 heavy (non-hydrogen) atoms. The fraction of sp³-hybridized carbons (Fsp3) is 0.609. The molecular weight excluding hydrogens is 473 g/mol. The molecule has 2 heterocycles. The first kappa shape index (κ1) is 22.4. The number of piperidine rings is 1. The van der Waals surface area contributed by atoms with E-state index in [0.29, 0.717) is 6.04 Å². The number of rotatable bonds is 6. The highest BCUT2D eigenvalue weighted by Crippen LogP contribution is 2.26. The van der Waals surface area contributed by atoms with Crippen molar-refractivity contribution in [3.05, 3.63) is 36.0 Å². The number of nitrogens with zero attached hydrogens (tertiary/aromatic N) is 2. The van der Waals surface area contributed by atoms with Crippen LogP contribution in [0.5, 0.6) is 0 Å². The molecule has 6 heteroatoms. The Morgan fingerprint density at radius 2 is 1.90 bits per heavy atom. The molecule has 0 amide bonds. The van der Waals surface area contributed by atoms with Crippen LogP contribution >= 0.6 is 24.0 Å². The van der Waals surface area contributed by atoms with Gasteiger partial charge in [0.1, 0.15) is 0 Å². The van der Waals surface area contributed by atoms with E-state index < -0.39 is 0 Å². The average Bonchev–Trinajstić information content (AvgIpc) is 3.41. The van der Waals surface area contributed by atoms with Crippen LogP contribution in [0.15, 0.2) is 35.5 Å². The third-order valence-corrected chi connectivity index (χ3v) is 6.53. The SMILES string of the molecule is CN=C(NCCCc1c[nH]c2ccccc12)NC1CCN(C2CCCC2)CC1.I. The quantitative estimate of drug-likeness (QED) is 0.236. The van der Waals surface area contributed by atoms with Gasteiger partial charge in [-0.3, -0.25) is 4.99 Å². The van der Waals surface area contributed by atoms with E-state index in [-0.39, 0.29) is 24.0 Å². The van der Waals surface area contributed by atoms with Crippen molar-refractivity contribution < 1.29 is 0 Å². The van der Waals surface area contributed by atoms with Crippen LogP contribution in [-0.4, -0.2) is 54.6 Å². The zero-order valence-electron chi connectivity index (χ0n) is 17.6. The third kappa shape index (κ3) is 5.87. The molecule has 1 aliphatic carbocycles. The molecule has 1 saturated carbocycles. The van der Waals surface area contributed by atoms with Crippen molar-refractivity contribution in [3.8, 4) is 0 Å². The number of aromatic nitrogens is 1. The van der Waals surface area contributed by atoms with E-state index in [1.54, 1.807) is 0 Å². The van der Waals surface area contributed by atoms with Gasteiger partial charge in [0.05, 0.1) is 0 Å². The fourth-order valence-corrected chi connectivity index (χ4v) is 4.89. The first-order valence-electron chi connectivity index (χ1n) is 11.1. The molecule has 0 bridgehead atoms. The Morgan fingerprint density at radius 3 is 2.66 bits per heavy atom. The molecule has 1 aromatic carbocycles. The molecule has 4 rings (SSSR count). The lowest BCUT2D eigenvalue weighted by molar-refractivity contribution is 0.150. The summed E-state index contributed by atoms with van der Waals surface area (Å²) < 4.78 is 0. The van der Waals surface area contributed by atoms with Gasteiger partial charge in [-0.05, 0) is 50.2 Å². The number of aromatic amines is 1. The summed E-state index contributed by atoms with van der Waals surface area (Å²) in [6.45, 7) is 3.42. The molecule has 0 radical (unpaired) electrons. The number of likely N-dealkylation sites (tertiary alicyclic amines) is 1. The Bertz CT molecular complexity index is 772. The Kier molecular flexibility index (Phi) is 8.66. The van der Waals surface area contributed by atoms with Crippen molar-refractivity contribution >= 4 is 40.8 Å². The number of guanidine groups is 1. The molecule has 2 fully saturated rings. The molecule has 0 atom stereocenters. The van der Waals surface area contributed by atoms with Gasteiger partial charge < -0.3 is 20.5 Å². The number of para-hydroxylation sites is 1. The standard InChI is InChI=1S/C23H35N5.HI/c1-24-23(27-19-12-15-28(16-13-19)20-8-2-3-9-20)25-14-6-7-18-17-26-22-11-5-4-10-21(18)22;/h4-5,10-11,17,19-20,26H,2-3,6-9,12-16H2,1H3,(H2,24,25,27);1H. The monoisotopic (exact) mass is 509 g/mol. The largest absolute Gasteiger partial charge is 0.361 e. The first-order chi connectivity index (χ1) is 13.8. The summed E-state index contributed by atoms with van der Waals surface area (Å²) in [4.78, 5) is 10.5. The Labute approximate surface area is 192 Å².